The number of rotatable bonds is 2. The maximum Gasteiger partial charge on any atom is 0.276 e. The number of likely N-dealkylation sites (tertiary alicyclic amines) is 1. The van der Waals surface area contributed by atoms with E-state index >= 15 is 0 Å². The van der Waals surface area contributed by atoms with Crippen molar-refractivity contribution >= 4 is 11.8 Å². The van der Waals surface area contributed by atoms with Gasteiger partial charge in [-0.25, -0.2) is 0 Å². The maximum atomic E-state index is 12.5. The van der Waals surface area contributed by atoms with E-state index in [0.717, 1.165) is 24.3 Å². The van der Waals surface area contributed by atoms with Gasteiger partial charge in [-0.1, -0.05) is 5.16 Å². The minimum Gasteiger partial charge on any atom is -0.369 e. The molecule has 0 saturated carbocycles. The van der Waals surface area contributed by atoms with Gasteiger partial charge in [0.1, 0.15) is 5.76 Å². The minimum absolute atomic E-state index is 0.110. The van der Waals surface area contributed by atoms with Crippen molar-refractivity contribution in [3.8, 4) is 0 Å². The van der Waals surface area contributed by atoms with Crippen molar-refractivity contribution < 1.29 is 14.1 Å². The van der Waals surface area contributed by atoms with Gasteiger partial charge in [-0.2, -0.15) is 0 Å². The average Bonchev–Trinajstić information content (AvgIpc) is 2.90. The van der Waals surface area contributed by atoms with E-state index in [4.69, 9.17) is 10.3 Å². The predicted octanol–water partition coefficient (Wildman–Crippen LogP) is -0.342. The molecule has 0 spiro atoms. The summed E-state index contributed by atoms with van der Waals surface area (Å²) < 4.78 is 5.25. The van der Waals surface area contributed by atoms with Gasteiger partial charge in [0, 0.05) is 44.1 Å². The Bertz CT molecular complexity index is 532. The van der Waals surface area contributed by atoms with Crippen LogP contribution in [0.15, 0.2) is 4.52 Å². The number of primary amides is 1. The van der Waals surface area contributed by atoms with Gasteiger partial charge in [0.2, 0.25) is 5.91 Å². The van der Waals surface area contributed by atoms with Crippen molar-refractivity contribution in [1.29, 1.82) is 0 Å². The molecule has 3 N–H and O–H groups in total. The highest BCUT2D eigenvalue weighted by atomic mass is 16.5. The molecule has 2 aliphatic heterocycles. The topological polar surface area (TPSA) is 101 Å². The fourth-order valence-corrected chi connectivity index (χ4v) is 2.82. The van der Waals surface area contributed by atoms with E-state index in [1.54, 1.807) is 4.90 Å². The molecule has 0 aromatic carbocycles. The quantitative estimate of drug-likeness (QED) is 0.770. The summed E-state index contributed by atoms with van der Waals surface area (Å²) in [4.78, 5) is 25.3. The molecule has 1 aromatic heterocycles. The Kier molecular flexibility index (Phi) is 3.43. The van der Waals surface area contributed by atoms with Gasteiger partial charge in [-0.3, -0.25) is 9.59 Å². The molecule has 0 atom stereocenters. The SMILES string of the molecule is NC(=O)C1CCN(C(=O)c2noc3c2CNCC3)CC1. The van der Waals surface area contributed by atoms with Gasteiger partial charge < -0.3 is 20.5 Å². The van der Waals surface area contributed by atoms with Crippen molar-refractivity contribution in [2.75, 3.05) is 19.6 Å². The highest BCUT2D eigenvalue weighted by molar-refractivity contribution is 5.94. The summed E-state index contributed by atoms with van der Waals surface area (Å²) in [6.45, 7) is 2.56. The fourth-order valence-electron chi connectivity index (χ4n) is 2.82. The second kappa shape index (κ2) is 5.24. The molecule has 1 fully saturated rings. The van der Waals surface area contributed by atoms with E-state index in [-0.39, 0.29) is 17.7 Å². The lowest BCUT2D eigenvalue weighted by molar-refractivity contribution is -0.123. The Balaban J connectivity index is 1.71. The normalized spacial score (nSPS) is 19.7. The summed E-state index contributed by atoms with van der Waals surface area (Å²) in [6, 6.07) is 0. The number of hydrogen-bond donors (Lipinski definition) is 2. The molecular weight excluding hydrogens is 260 g/mol. The summed E-state index contributed by atoms with van der Waals surface area (Å²) in [5.41, 5.74) is 6.58. The number of amides is 2. The van der Waals surface area contributed by atoms with Crippen LogP contribution < -0.4 is 11.1 Å². The lowest BCUT2D eigenvalue weighted by Crippen LogP contribution is -2.42. The number of nitrogens with zero attached hydrogens (tertiary/aromatic N) is 2. The smallest absolute Gasteiger partial charge is 0.276 e. The molecule has 108 valence electrons. The van der Waals surface area contributed by atoms with Gasteiger partial charge in [0.25, 0.3) is 5.91 Å². The molecule has 1 saturated heterocycles. The first-order chi connectivity index (χ1) is 9.66. The second-order valence-electron chi connectivity index (χ2n) is 5.33. The van der Waals surface area contributed by atoms with Crippen LogP contribution in [0, 0.1) is 5.92 Å². The van der Waals surface area contributed by atoms with Crippen LogP contribution in [0.25, 0.3) is 0 Å². The van der Waals surface area contributed by atoms with Crippen LogP contribution >= 0.6 is 0 Å². The fraction of sp³-hybridized carbons (Fsp3) is 0.615. The zero-order valence-electron chi connectivity index (χ0n) is 11.2. The van der Waals surface area contributed by atoms with Crippen molar-refractivity contribution in [2.45, 2.75) is 25.8 Å². The number of carbonyl (C=O) groups excluding carboxylic acids is 2. The van der Waals surface area contributed by atoms with Crippen LogP contribution in [-0.2, 0) is 17.8 Å². The number of hydrogen-bond acceptors (Lipinski definition) is 5. The second-order valence-corrected chi connectivity index (χ2v) is 5.33. The molecule has 3 heterocycles. The summed E-state index contributed by atoms with van der Waals surface area (Å²) >= 11 is 0. The molecule has 2 aliphatic rings. The van der Waals surface area contributed by atoms with Gasteiger partial charge in [-0.15, -0.1) is 0 Å². The average molecular weight is 278 g/mol. The number of fused-ring (bicyclic) bond motifs is 1. The zero-order valence-corrected chi connectivity index (χ0v) is 11.2. The van der Waals surface area contributed by atoms with Crippen molar-refractivity contribution in [3.05, 3.63) is 17.0 Å². The lowest BCUT2D eigenvalue weighted by atomic mass is 9.96. The predicted molar refractivity (Wildman–Crippen MR) is 69.7 cm³/mol. The van der Waals surface area contributed by atoms with Gasteiger partial charge in [0.15, 0.2) is 5.69 Å². The van der Waals surface area contributed by atoms with E-state index < -0.39 is 0 Å². The van der Waals surface area contributed by atoms with E-state index in [2.05, 4.69) is 10.5 Å². The standard InChI is InChI=1S/C13H18N4O3/c14-12(18)8-2-5-17(6-3-8)13(19)11-9-7-15-4-1-10(9)20-16-11/h8,15H,1-7H2,(H2,14,18). The van der Waals surface area contributed by atoms with Crippen LogP contribution in [0.4, 0.5) is 0 Å². The monoisotopic (exact) mass is 278 g/mol. The molecule has 3 rings (SSSR count). The molecule has 0 bridgehead atoms. The summed E-state index contributed by atoms with van der Waals surface area (Å²) in [5, 5.41) is 7.14. The van der Waals surface area contributed by atoms with Crippen LogP contribution in [0.1, 0.15) is 34.7 Å². The number of nitrogens with two attached hydrogens (primary N) is 1. The Hall–Kier alpha value is -1.89. The van der Waals surface area contributed by atoms with Crippen LogP contribution in [0.3, 0.4) is 0 Å². The molecule has 1 aromatic rings. The molecule has 0 aliphatic carbocycles. The van der Waals surface area contributed by atoms with Crippen molar-refractivity contribution in [2.24, 2.45) is 11.7 Å². The summed E-state index contributed by atoms with van der Waals surface area (Å²) in [7, 11) is 0. The summed E-state index contributed by atoms with van der Waals surface area (Å²) in [6.07, 6.45) is 2.01. The first kappa shape index (κ1) is 13.1. The van der Waals surface area contributed by atoms with Crippen LogP contribution in [0.5, 0.6) is 0 Å². The van der Waals surface area contributed by atoms with Crippen molar-refractivity contribution in [1.82, 2.24) is 15.4 Å². The minimum atomic E-state index is -0.278. The molecule has 2 amide bonds. The highest BCUT2D eigenvalue weighted by Crippen LogP contribution is 2.22. The maximum absolute atomic E-state index is 12.5. The van der Waals surface area contributed by atoms with E-state index in [1.165, 1.54) is 0 Å². The van der Waals surface area contributed by atoms with Crippen LogP contribution in [-0.4, -0.2) is 41.5 Å². The Labute approximate surface area is 116 Å². The molecular formula is C13H18N4O3. The summed E-state index contributed by atoms with van der Waals surface area (Å²) in [5.74, 6) is 0.299. The zero-order chi connectivity index (χ0) is 14.1. The van der Waals surface area contributed by atoms with E-state index in [0.29, 0.717) is 38.2 Å². The molecule has 7 heteroatoms. The van der Waals surface area contributed by atoms with Crippen LogP contribution in [0.2, 0.25) is 0 Å². The third-order valence-corrected chi connectivity index (χ3v) is 4.09. The first-order valence-corrected chi connectivity index (χ1v) is 6.93. The van der Waals surface area contributed by atoms with Gasteiger partial charge in [-0.05, 0) is 12.8 Å². The number of carbonyl (C=O) groups is 2. The van der Waals surface area contributed by atoms with Crippen molar-refractivity contribution in [3.63, 3.8) is 0 Å². The van der Waals surface area contributed by atoms with Gasteiger partial charge >= 0.3 is 0 Å². The molecule has 7 nitrogen and oxygen atoms in total. The number of aromatic nitrogens is 1. The molecule has 20 heavy (non-hydrogen) atoms. The Morgan fingerprint density at radius 2 is 2.10 bits per heavy atom. The number of nitrogens with one attached hydrogen (secondary N) is 1. The third-order valence-electron chi connectivity index (χ3n) is 4.09. The number of piperidine rings is 1. The Morgan fingerprint density at radius 1 is 1.35 bits per heavy atom. The largest absolute Gasteiger partial charge is 0.369 e. The van der Waals surface area contributed by atoms with E-state index in [1.807, 2.05) is 0 Å². The Morgan fingerprint density at radius 3 is 2.80 bits per heavy atom. The third kappa shape index (κ3) is 2.29. The first-order valence-electron chi connectivity index (χ1n) is 6.93. The highest BCUT2D eigenvalue weighted by Gasteiger charge is 2.31. The molecule has 0 radical (unpaired) electrons. The lowest BCUT2D eigenvalue weighted by Gasteiger charge is -2.30. The van der Waals surface area contributed by atoms with E-state index in [9.17, 15) is 9.59 Å². The van der Waals surface area contributed by atoms with Gasteiger partial charge in [0.05, 0.1) is 0 Å². The molecule has 0 unspecified atom stereocenters.